The van der Waals surface area contributed by atoms with E-state index in [1.54, 1.807) is 0 Å². The summed E-state index contributed by atoms with van der Waals surface area (Å²) in [7, 11) is 0. The highest BCUT2D eigenvalue weighted by Gasteiger charge is 2.06. The molecule has 2 aromatic carbocycles. The molecule has 0 unspecified atom stereocenters. The first-order chi connectivity index (χ1) is 8.66. The van der Waals surface area contributed by atoms with Crippen molar-refractivity contribution in [1.82, 2.24) is 0 Å². The number of hydrogen-bond donors (Lipinski definition) is 1. The van der Waals surface area contributed by atoms with E-state index in [-0.39, 0.29) is 0 Å². The van der Waals surface area contributed by atoms with Crippen molar-refractivity contribution < 1.29 is 4.74 Å². The summed E-state index contributed by atoms with van der Waals surface area (Å²) >= 11 is 0. The summed E-state index contributed by atoms with van der Waals surface area (Å²) in [4.78, 5) is 0. The van der Waals surface area contributed by atoms with Gasteiger partial charge in [0.25, 0.3) is 0 Å². The van der Waals surface area contributed by atoms with Gasteiger partial charge in [0.2, 0.25) is 0 Å². The summed E-state index contributed by atoms with van der Waals surface area (Å²) in [6, 6.07) is 16.0. The maximum Gasteiger partial charge on any atom is 0.123 e. The van der Waals surface area contributed by atoms with Gasteiger partial charge in [-0.2, -0.15) is 0 Å². The van der Waals surface area contributed by atoms with Gasteiger partial charge in [-0.25, -0.2) is 0 Å². The van der Waals surface area contributed by atoms with Crippen LogP contribution in [0, 0.1) is 0 Å². The first-order valence-electron chi connectivity index (χ1n) is 6.23. The SMILES string of the molecule is CC(C)c1ccccc1OCc1ccc(N)cc1. The van der Waals surface area contributed by atoms with Crippen LogP contribution in [0.25, 0.3) is 0 Å². The van der Waals surface area contributed by atoms with Crippen LogP contribution in [0.5, 0.6) is 5.75 Å². The minimum absolute atomic E-state index is 0.465. The number of benzene rings is 2. The average Bonchev–Trinajstić information content (AvgIpc) is 2.38. The van der Waals surface area contributed by atoms with Gasteiger partial charge in [-0.15, -0.1) is 0 Å². The van der Waals surface area contributed by atoms with Crippen molar-refractivity contribution in [2.75, 3.05) is 5.73 Å². The monoisotopic (exact) mass is 241 g/mol. The van der Waals surface area contributed by atoms with Gasteiger partial charge in [-0.1, -0.05) is 44.2 Å². The summed E-state index contributed by atoms with van der Waals surface area (Å²) in [6.07, 6.45) is 0. The van der Waals surface area contributed by atoms with E-state index in [2.05, 4.69) is 19.9 Å². The van der Waals surface area contributed by atoms with Crippen molar-refractivity contribution in [2.24, 2.45) is 0 Å². The number of ether oxygens (including phenoxy) is 1. The lowest BCUT2D eigenvalue weighted by atomic mass is 10.0. The lowest BCUT2D eigenvalue weighted by Gasteiger charge is -2.13. The van der Waals surface area contributed by atoms with Crippen molar-refractivity contribution in [3.05, 3.63) is 59.7 Å². The fraction of sp³-hybridized carbons (Fsp3) is 0.250. The number of rotatable bonds is 4. The Morgan fingerprint density at radius 3 is 2.33 bits per heavy atom. The van der Waals surface area contributed by atoms with Gasteiger partial charge in [0.15, 0.2) is 0 Å². The Hall–Kier alpha value is -1.96. The molecule has 94 valence electrons. The molecule has 0 aliphatic carbocycles. The highest BCUT2D eigenvalue weighted by molar-refractivity contribution is 5.40. The Balaban J connectivity index is 2.08. The molecular weight excluding hydrogens is 222 g/mol. The summed E-state index contributed by atoms with van der Waals surface area (Å²) in [5, 5.41) is 0. The molecule has 0 aliphatic heterocycles. The van der Waals surface area contributed by atoms with Crippen LogP contribution in [0.3, 0.4) is 0 Å². The minimum Gasteiger partial charge on any atom is -0.489 e. The summed E-state index contributed by atoms with van der Waals surface area (Å²) in [5.74, 6) is 1.43. The Morgan fingerprint density at radius 1 is 1.00 bits per heavy atom. The van der Waals surface area contributed by atoms with E-state index in [0.717, 1.165) is 17.0 Å². The van der Waals surface area contributed by atoms with Crippen molar-refractivity contribution >= 4 is 5.69 Å². The predicted octanol–water partition coefficient (Wildman–Crippen LogP) is 3.97. The molecule has 0 radical (unpaired) electrons. The van der Waals surface area contributed by atoms with E-state index in [0.29, 0.717) is 12.5 Å². The molecular formula is C16H19NO. The van der Waals surface area contributed by atoms with Gasteiger partial charge in [0.05, 0.1) is 0 Å². The van der Waals surface area contributed by atoms with E-state index in [4.69, 9.17) is 10.5 Å². The fourth-order valence-corrected chi connectivity index (χ4v) is 1.86. The standard InChI is InChI=1S/C16H19NO/c1-12(2)15-5-3-4-6-16(15)18-11-13-7-9-14(17)10-8-13/h3-10,12H,11,17H2,1-2H3. The second-order valence-corrected chi connectivity index (χ2v) is 4.72. The van der Waals surface area contributed by atoms with E-state index in [1.807, 2.05) is 42.5 Å². The van der Waals surface area contributed by atoms with Crippen molar-refractivity contribution in [3.8, 4) is 5.75 Å². The van der Waals surface area contributed by atoms with Crippen LogP contribution in [0.1, 0.15) is 30.9 Å². The van der Waals surface area contributed by atoms with Gasteiger partial charge < -0.3 is 10.5 Å². The predicted molar refractivity (Wildman–Crippen MR) is 75.7 cm³/mol. The second kappa shape index (κ2) is 5.58. The Labute approximate surface area is 108 Å². The lowest BCUT2D eigenvalue weighted by Crippen LogP contribution is -1.99. The number of nitrogen functional groups attached to an aromatic ring is 1. The normalized spacial score (nSPS) is 10.6. The highest BCUT2D eigenvalue weighted by atomic mass is 16.5. The lowest BCUT2D eigenvalue weighted by molar-refractivity contribution is 0.302. The smallest absolute Gasteiger partial charge is 0.123 e. The third kappa shape index (κ3) is 3.04. The molecule has 0 atom stereocenters. The molecule has 0 saturated heterocycles. The molecule has 0 spiro atoms. The molecule has 2 aromatic rings. The van der Waals surface area contributed by atoms with Crippen LogP contribution >= 0.6 is 0 Å². The summed E-state index contributed by atoms with van der Waals surface area (Å²) in [6.45, 7) is 4.92. The minimum atomic E-state index is 0.465. The van der Waals surface area contributed by atoms with Crippen molar-refractivity contribution in [3.63, 3.8) is 0 Å². The first kappa shape index (κ1) is 12.5. The molecule has 0 aromatic heterocycles. The topological polar surface area (TPSA) is 35.2 Å². The maximum atomic E-state index is 5.88. The zero-order valence-electron chi connectivity index (χ0n) is 10.9. The Bertz CT molecular complexity index is 503. The van der Waals surface area contributed by atoms with Crippen LogP contribution in [-0.2, 0) is 6.61 Å². The van der Waals surface area contributed by atoms with Crippen LogP contribution < -0.4 is 10.5 Å². The van der Waals surface area contributed by atoms with Gasteiger partial charge in [0.1, 0.15) is 12.4 Å². The molecule has 0 heterocycles. The molecule has 0 saturated carbocycles. The molecule has 0 amide bonds. The summed E-state index contributed by atoms with van der Waals surface area (Å²) in [5.41, 5.74) is 8.81. The molecule has 0 bridgehead atoms. The Kier molecular flexibility index (Phi) is 3.88. The number of anilines is 1. The molecule has 2 N–H and O–H groups in total. The number of para-hydroxylation sites is 1. The van der Waals surface area contributed by atoms with Crippen molar-refractivity contribution in [2.45, 2.75) is 26.4 Å². The largest absolute Gasteiger partial charge is 0.489 e. The van der Waals surface area contributed by atoms with E-state index >= 15 is 0 Å². The summed E-state index contributed by atoms with van der Waals surface area (Å²) < 4.78 is 5.88. The molecule has 2 nitrogen and oxygen atoms in total. The van der Waals surface area contributed by atoms with E-state index in [9.17, 15) is 0 Å². The third-order valence-corrected chi connectivity index (χ3v) is 2.92. The highest BCUT2D eigenvalue weighted by Crippen LogP contribution is 2.26. The first-order valence-corrected chi connectivity index (χ1v) is 6.23. The van der Waals surface area contributed by atoms with E-state index in [1.165, 1.54) is 5.56 Å². The van der Waals surface area contributed by atoms with Gasteiger partial charge in [-0.05, 0) is 35.2 Å². The number of nitrogens with two attached hydrogens (primary N) is 1. The molecule has 2 heteroatoms. The zero-order chi connectivity index (χ0) is 13.0. The van der Waals surface area contributed by atoms with Crippen molar-refractivity contribution in [1.29, 1.82) is 0 Å². The van der Waals surface area contributed by atoms with Crippen LogP contribution in [0.2, 0.25) is 0 Å². The quantitative estimate of drug-likeness (QED) is 0.822. The van der Waals surface area contributed by atoms with Crippen LogP contribution in [0.15, 0.2) is 48.5 Å². The maximum absolute atomic E-state index is 5.88. The van der Waals surface area contributed by atoms with Crippen LogP contribution in [-0.4, -0.2) is 0 Å². The zero-order valence-corrected chi connectivity index (χ0v) is 10.9. The van der Waals surface area contributed by atoms with Gasteiger partial charge in [0, 0.05) is 5.69 Å². The molecule has 2 rings (SSSR count). The van der Waals surface area contributed by atoms with E-state index < -0.39 is 0 Å². The fourth-order valence-electron chi connectivity index (χ4n) is 1.86. The molecule has 0 aliphatic rings. The van der Waals surface area contributed by atoms with Crippen LogP contribution in [0.4, 0.5) is 5.69 Å². The van der Waals surface area contributed by atoms with Gasteiger partial charge in [-0.3, -0.25) is 0 Å². The average molecular weight is 241 g/mol. The van der Waals surface area contributed by atoms with Gasteiger partial charge >= 0.3 is 0 Å². The molecule has 0 fully saturated rings. The number of hydrogen-bond acceptors (Lipinski definition) is 2. The molecule has 18 heavy (non-hydrogen) atoms. The Morgan fingerprint density at radius 2 is 1.67 bits per heavy atom. The third-order valence-electron chi connectivity index (χ3n) is 2.92. The second-order valence-electron chi connectivity index (χ2n) is 4.72.